The lowest BCUT2D eigenvalue weighted by Gasteiger charge is -2.20. The van der Waals surface area contributed by atoms with Gasteiger partial charge in [-0.15, -0.1) is 0 Å². The fraction of sp³-hybridized carbons (Fsp3) is 0.231. The predicted octanol–water partition coefficient (Wildman–Crippen LogP) is 1.50. The normalized spacial score (nSPS) is 25.9. The molecular weight excluding hydrogens is 237 g/mol. The van der Waals surface area contributed by atoms with Crippen LogP contribution in [-0.2, 0) is 19.9 Å². The first-order valence-corrected chi connectivity index (χ1v) is 5.45. The summed E-state index contributed by atoms with van der Waals surface area (Å²) in [6.07, 6.45) is -0.120. The lowest BCUT2D eigenvalue weighted by Crippen LogP contribution is -2.38. The molecule has 2 heterocycles. The molecule has 0 aromatic heterocycles. The van der Waals surface area contributed by atoms with Crippen molar-refractivity contribution in [3.05, 3.63) is 41.9 Å². The highest BCUT2D eigenvalue weighted by Gasteiger charge is 2.58. The number of ketones is 1. The predicted molar refractivity (Wildman–Crippen MR) is 61.3 cm³/mol. The van der Waals surface area contributed by atoms with Crippen molar-refractivity contribution >= 4 is 17.4 Å². The lowest BCUT2D eigenvalue weighted by molar-refractivity contribution is -0.135. The van der Waals surface area contributed by atoms with Crippen LogP contribution in [-0.4, -0.2) is 18.7 Å². The highest BCUT2D eigenvalue weighted by atomic mass is 19.1. The minimum Gasteiger partial charge on any atom is -0.469 e. The second-order valence-electron chi connectivity index (χ2n) is 4.45. The molecule has 1 saturated heterocycles. The Bertz CT molecular complexity index is 592. The summed E-state index contributed by atoms with van der Waals surface area (Å²) in [7, 11) is 1.47. The van der Waals surface area contributed by atoms with Gasteiger partial charge in [-0.3, -0.25) is 9.59 Å². The minimum atomic E-state index is -1.42. The van der Waals surface area contributed by atoms with Gasteiger partial charge < -0.3 is 9.64 Å². The first kappa shape index (κ1) is 11.0. The maximum atomic E-state index is 13.8. The first-order valence-electron chi connectivity index (χ1n) is 5.45. The Balaban J connectivity index is 2.26. The molecule has 1 fully saturated rings. The summed E-state index contributed by atoms with van der Waals surface area (Å²) >= 11 is 0. The third-order valence-corrected chi connectivity index (χ3v) is 3.43. The summed E-state index contributed by atoms with van der Waals surface area (Å²) < 4.78 is 19.2. The van der Waals surface area contributed by atoms with Crippen LogP contribution in [0.4, 0.5) is 10.1 Å². The molecule has 1 aromatic rings. The minimum absolute atomic E-state index is 0.0474. The Hall–Kier alpha value is -2.17. The van der Waals surface area contributed by atoms with E-state index in [0.717, 1.165) is 0 Å². The molecule has 5 heteroatoms. The highest BCUT2D eigenvalue weighted by molar-refractivity contribution is 6.12. The van der Waals surface area contributed by atoms with Crippen LogP contribution in [0.15, 0.2) is 30.5 Å². The number of anilines is 1. The molecule has 2 aliphatic heterocycles. The van der Waals surface area contributed by atoms with E-state index in [-0.39, 0.29) is 23.7 Å². The molecule has 18 heavy (non-hydrogen) atoms. The third kappa shape index (κ3) is 1.08. The molecule has 0 saturated carbocycles. The van der Waals surface area contributed by atoms with Gasteiger partial charge >= 0.3 is 0 Å². The van der Waals surface area contributed by atoms with Crippen LogP contribution >= 0.6 is 0 Å². The molecule has 3 rings (SSSR count). The fourth-order valence-corrected chi connectivity index (χ4v) is 2.57. The average Bonchev–Trinajstić information content (AvgIpc) is 2.73. The number of allylic oxidation sites excluding steroid dienone is 1. The SMILES string of the molecule is C=C1OC2(CC1=O)C(=O)N(C)c1c(F)cccc12. The van der Waals surface area contributed by atoms with Crippen LogP contribution in [0.1, 0.15) is 12.0 Å². The Morgan fingerprint density at radius 2 is 2.17 bits per heavy atom. The average molecular weight is 247 g/mol. The number of para-hydroxylation sites is 1. The summed E-state index contributed by atoms with van der Waals surface area (Å²) in [5.41, 5.74) is -0.854. The standard InChI is InChI=1S/C13H10FNO3/c1-7-10(16)6-13(18-7)8-4-3-5-9(14)11(8)15(2)12(13)17/h3-5H,1,6H2,2H3. The van der Waals surface area contributed by atoms with Gasteiger partial charge in [-0.2, -0.15) is 0 Å². The van der Waals surface area contributed by atoms with Gasteiger partial charge in [0.15, 0.2) is 5.76 Å². The van der Waals surface area contributed by atoms with Gasteiger partial charge in [0, 0.05) is 12.6 Å². The number of Topliss-reactive ketones (excluding diaryl/α,β-unsaturated/α-hetero) is 1. The number of hydrogen-bond donors (Lipinski definition) is 0. The number of rotatable bonds is 0. The molecule has 92 valence electrons. The van der Waals surface area contributed by atoms with Crippen LogP contribution in [0.5, 0.6) is 0 Å². The lowest BCUT2D eigenvalue weighted by atomic mass is 9.92. The highest BCUT2D eigenvalue weighted by Crippen LogP contribution is 2.49. The maximum Gasteiger partial charge on any atom is 0.276 e. The van der Waals surface area contributed by atoms with Crippen molar-refractivity contribution in [1.29, 1.82) is 0 Å². The molecule has 4 nitrogen and oxygen atoms in total. The van der Waals surface area contributed by atoms with Crippen molar-refractivity contribution in [2.75, 3.05) is 11.9 Å². The summed E-state index contributed by atoms with van der Waals surface area (Å²) in [5.74, 6) is -1.31. The number of fused-ring (bicyclic) bond motifs is 2. The smallest absolute Gasteiger partial charge is 0.276 e. The summed E-state index contributed by atoms with van der Waals surface area (Å²) in [5, 5.41) is 0. The molecule has 0 aliphatic carbocycles. The van der Waals surface area contributed by atoms with E-state index in [9.17, 15) is 14.0 Å². The van der Waals surface area contributed by atoms with Gasteiger partial charge in [-0.25, -0.2) is 4.39 Å². The van der Waals surface area contributed by atoms with Gasteiger partial charge in [0.05, 0.1) is 12.1 Å². The molecule has 0 radical (unpaired) electrons. The number of ether oxygens (including phenoxy) is 1. The topological polar surface area (TPSA) is 46.6 Å². The summed E-state index contributed by atoms with van der Waals surface area (Å²) in [4.78, 5) is 25.1. The van der Waals surface area contributed by atoms with Crippen molar-refractivity contribution in [2.24, 2.45) is 0 Å². The van der Waals surface area contributed by atoms with Crippen LogP contribution < -0.4 is 4.90 Å². The zero-order valence-electron chi connectivity index (χ0n) is 9.70. The van der Waals surface area contributed by atoms with Crippen molar-refractivity contribution in [2.45, 2.75) is 12.0 Å². The van der Waals surface area contributed by atoms with Crippen LogP contribution in [0.3, 0.4) is 0 Å². The number of likely N-dealkylation sites (N-methyl/N-ethyl adjacent to an activating group) is 1. The largest absolute Gasteiger partial charge is 0.469 e. The van der Waals surface area contributed by atoms with E-state index in [1.54, 1.807) is 6.07 Å². The zero-order valence-corrected chi connectivity index (χ0v) is 9.70. The Morgan fingerprint density at radius 1 is 1.44 bits per heavy atom. The van der Waals surface area contributed by atoms with Crippen molar-refractivity contribution in [3.63, 3.8) is 0 Å². The molecule has 1 aromatic carbocycles. The van der Waals surface area contributed by atoms with E-state index in [4.69, 9.17) is 4.74 Å². The van der Waals surface area contributed by atoms with Gasteiger partial charge in [-0.1, -0.05) is 18.7 Å². The fourth-order valence-electron chi connectivity index (χ4n) is 2.57. The summed E-state index contributed by atoms with van der Waals surface area (Å²) in [6, 6.07) is 4.37. The quantitative estimate of drug-likeness (QED) is 0.653. The van der Waals surface area contributed by atoms with E-state index in [1.165, 1.54) is 24.1 Å². The van der Waals surface area contributed by atoms with E-state index in [0.29, 0.717) is 5.56 Å². The van der Waals surface area contributed by atoms with Crippen LogP contribution in [0.25, 0.3) is 0 Å². The Labute approximate surface area is 103 Å². The van der Waals surface area contributed by atoms with Gasteiger partial charge in [0.25, 0.3) is 5.91 Å². The first-order chi connectivity index (χ1) is 8.47. The van der Waals surface area contributed by atoms with Gasteiger partial charge in [0.2, 0.25) is 11.4 Å². The Morgan fingerprint density at radius 3 is 2.78 bits per heavy atom. The molecule has 2 aliphatic rings. The molecule has 1 atom stereocenters. The van der Waals surface area contributed by atoms with E-state index in [2.05, 4.69) is 6.58 Å². The number of nitrogens with zero attached hydrogens (tertiary/aromatic N) is 1. The van der Waals surface area contributed by atoms with Crippen molar-refractivity contribution in [1.82, 2.24) is 0 Å². The molecule has 0 bridgehead atoms. The van der Waals surface area contributed by atoms with Crippen molar-refractivity contribution in [3.8, 4) is 0 Å². The number of amides is 1. The monoisotopic (exact) mass is 247 g/mol. The van der Waals surface area contributed by atoms with E-state index >= 15 is 0 Å². The number of hydrogen-bond acceptors (Lipinski definition) is 3. The van der Waals surface area contributed by atoms with E-state index in [1.807, 2.05) is 0 Å². The van der Waals surface area contributed by atoms with Crippen LogP contribution in [0.2, 0.25) is 0 Å². The zero-order chi connectivity index (χ0) is 13.1. The van der Waals surface area contributed by atoms with Crippen LogP contribution in [0, 0.1) is 5.82 Å². The van der Waals surface area contributed by atoms with Crippen molar-refractivity contribution < 1.29 is 18.7 Å². The van der Waals surface area contributed by atoms with Gasteiger partial charge in [0.1, 0.15) is 5.82 Å². The molecule has 0 N–H and O–H groups in total. The number of benzene rings is 1. The number of halogens is 1. The number of carbonyl (C=O) groups is 2. The second-order valence-corrected chi connectivity index (χ2v) is 4.45. The van der Waals surface area contributed by atoms with E-state index < -0.39 is 17.3 Å². The summed E-state index contributed by atoms with van der Waals surface area (Å²) in [6.45, 7) is 3.47. The maximum absolute atomic E-state index is 13.8. The molecule has 1 amide bonds. The molecule has 1 unspecified atom stereocenters. The second kappa shape index (κ2) is 3.19. The Kier molecular flexibility index (Phi) is 1.94. The number of carbonyl (C=O) groups excluding carboxylic acids is 2. The van der Waals surface area contributed by atoms with Gasteiger partial charge in [-0.05, 0) is 6.07 Å². The molecule has 1 spiro atoms. The molecular formula is C13H10FNO3. The third-order valence-electron chi connectivity index (χ3n) is 3.43.